The Balaban J connectivity index is 0.000000364. The van der Waals surface area contributed by atoms with Crippen LogP contribution in [0.5, 0.6) is 0 Å². The van der Waals surface area contributed by atoms with E-state index in [1.807, 2.05) is 24.3 Å². The first-order valence-corrected chi connectivity index (χ1v) is 4.00. The van der Waals surface area contributed by atoms with E-state index >= 15 is 0 Å². The Hall–Kier alpha value is -1.59. The lowest BCUT2D eigenvalue weighted by molar-refractivity contribution is 0.137. The number of hydrogen-bond acceptors (Lipinski definition) is 3. The van der Waals surface area contributed by atoms with Crippen molar-refractivity contribution in [3.05, 3.63) is 35.4 Å². The summed E-state index contributed by atoms with van der Waals surface area (Å²) in [5.41, 5.74) is 13.1. The summed E-state index contributed by atoms with van der Waals surface area (Å²) < 4.78 is 0. The van der Waals surface area contributed by atoms with Crippen LogP contribution in [0.3, 0.4) is 0 Å². The van der Waals surface area contributed by atoms with Gasteiger partial charge in [-0.15, -0.1) is 0 Å². The van der Waals surface area contributed by atoms with Crippen LogP contribution in [0.2, 0.25) is 0 Å². The largest absolute Gasteiger partial charge is 0.503 e. The molecule has 1 aromatic carbocycles. The lowest BCUT2D eigenvalue weighted by atomic mass is 10.1. The van der Waals surface area contributed by atoms with Crippen molar-refractivity contribution < 1.29 is 15.0 Å². The van der Waals surface area contributed by atoms with Gasteiger partial charge >= 0.3 is 6.16 Å². The van der Waals surface area contributed by atoms with Crippen molar-refractivity contribution in [3.8, 4) is 0 Å². The number of hydrogen-bond donors (Lipinski definition) is 4. The van der Waals surface area contributed by atoms with Gasteiger partial charge in [0.25, 0.3) is 0 Å². The molecule has 0 spiro atoms. The van der Waals surface area contributed by atoms with E-state index in [0.717, 1.165) is 11.1 Å². The third-order valence-corrected chi connectivity index (χ3v) is 1.46. The fourth-order valence-electron chi connectivity index (χ4n) is 0.884. The fourth-order valence-corrected chi connectivity index (χ4v) is 0.884. The topological polar surface area (TPSA) is 110 Å². The Kier molecular flexibility index (Phi) is 6.09. The highest BCUT2D eigenvalue weighted by Crippen LogP contribution is 2.02. The summed E-state index contributed by atoms with van der Waals surface area (Å²) in [5, 5.41) is 13.9. The maximum Gasteiger partial charge on any atom is 0.503 e. The zero-order valence-electron chi connectivity index (χ0n) is 7.68. The Morgan fingerprint density at radius 1 is 1.14 bits per heavy atom. The molecule has 0 bridgehead atoms. The maximum atomic E-state index is 8.56. The van der Waals surface area contributed by atoms with Crippen LogP contribution in [0.4, 0.5) is 4.79 Å². The number of rotatable bonds is 2. The SMILES string of the molecule is NCc1cccc(CN)c1.O=C(O)O. The zero-order valence-corrected chi connectivity index (χ0v) is 7.68. The third kappa shape index (κ3) is 5.99. The second-order valence-corrected chi connectivity index (χ2v) is 2.51. The van der Waals surface area contributed by atoms with Crippen LogP contribution in [0.15, 0.2) is 24.3 Å². The second-order valence-electron chi connectivity index (χ2n) is 2.51. The molecule has 5 nitrogen and oxygen atoms in total. The first-order valence-electron chi connectivity index (χ1n) is 4.00. The minimum atomic E-state index is -1.83. The van der Waals surface area contributed by atoms with Gasteiger partial charge in [0.1, 0.15) is 0 Å². The summed E-state index contributed by atoms with van der Waals surface area (Å²) in [6.45, 7) is 1.18. The van der Waals surface area contributed by atoms with Crippen LogP contribution < -0.4 is 11.5 Å². The lowest BCUT2D eigenvalue weighted by Gasteiger charge is -1.98. The van der Waals surface area contributed by atoms with Gasteiger partial charge in [0.05, 0.1) is 0 Å². The van der Waals surface area contributed by atoms with Gasteiger partial charge < -0.3 is 21.7 Å². The van der Waals surface area contributed by atoms with E-state index in [4.69, 9.17) is 26.5 Å². The normalized spacial score (nSPS) is 8.71. The summed E-state index contributed by atoms with van der Waals surface area (Å²) >= 11 is 0. The molecule has 0 aliphatic carbocycles. The molecule has 1 aromatic rings. The van der Waals surface area contributed by atoms with Gasteiger partial charge in [-0.25, -0.2) is 4.79 Å². The number of carbonyl (C=O) groups is 1. The van der Waals surface area contributed by atoms with E-state index in [-0.39, 0.29) is 0 Å². The summed E-state index contributed by atoms with van der Waals surface area (Å²) in [4.78, 5) is 8.56. The third-order valence-electron chi connectivity index (χ3n) is 1.46. The van der Waals surface area contributed by atoms with E-state index in [1.54, 1.807) is 0 Å². The molecule has 0 heterocycles. The highest BCUT2D eigenvalue weighted by Gasteiger charge is 1.89. The standard InChI is InChI=1S/C8H12N2.CH2O3/c9-5-7-2-1-3-8(4-7)6-10;2-1(3)4/h1-4H,5-6,9-10H2;(H2,2,3,4). The Labute approximate surface area is 82.0 Å². The fraction of sp³-hybridized carbons (Fsp3) is 0.222. The number of nitrogens with two attached hydrogens (primary N) is 2. The molecule has 0 saturated heterocycles. The number of benzene rings is 1. The average Bonchev–Trinajstić information content (AvgIpc) is 2.17. The number of carboxylic acid groups (broad SMARTS) is 2. The van der Waals surface area contributed by atoms with Crippen LogP contribution in [-0.2, 0) is 13.1 Å². The highest BCUT2D eigenvalue weighted by molar-refractivity contribution is 5.53. The predicted molar refractivity (Wildman–Crippen MR) is 52.9 cm³/mol. The van der Waals surface area contributed by atoms with E-state index < -0.39 is 6.16 Å². The first kappa shape index (κ1) is 12.4. The Morgan fingerprint density at radius 2 is 1.50 bits per heavy atom. The van der Waals surface area contributed by atoms with E-state index in [0.29, 0.717) is 13.1 Å². The van der Waals surface area contributed by atoms with Crippen molar-refractivity contribution in [1.29, 1.82) is 0 Å². The van der Waals surface area contributed by atoms with Crippen LogP contribution >= 0.6 is 0 Å². The van der Waals surface area contributed by atoms with Crippen molar-refractivity contribution in [3.63, 3.8) is 0 Å². The molecule has 0 atom stereocenters. The van der Waals surface area contributed by atoms with Crippen LogP contribution in [0.25, 0.3) is 0 Å². The van der Waals surface area contributed by atoms with Crippen LogP contribution in [0, 0.1) is 0 Å². The van der Waals surface area contributed by atoms with Crippen molar-refractivity contribution in [2.75, 3.05) is 0 Å². The molecule has 6 N–H and O–H groups in total. The second kappa shape index (κ2) is 6.88. The Bertz CT molecular complexity index is 266. The van der Waals surface area contributed by atoms with Gasteiger partial charge in [-0.1, -0.05) is 24.3 Å². The quantitative estimate of drug-likeness (QED) is 0.562. The molecule has 78 valence electrons. The summed E-state index contributed by atoms with van der Waals surface area (Å²) in [6.07, 6.45) is -1.83. The van der Waals surface area contributed by atoms with Crippen LogP contribution in [-0.4, -0.2) is 16.4 Å². The smallest absolute Gasteiger partial charge is 0.450 e. The van der Waals surface area contributed by atoms with Gasteiger partial charge in [0, 0.05) is 13.1 Å². The minimum absolute atomic E-state index is 0.591. The summed E-state index contributed by atoms with van der Waals surface area (Å²) in [6, 6.07) is 8.00. The summed E-state index contributed by atoms with van der Waals surface area (Å²) in [5.74, 6) is 0. The molecule has 5 heteroatoms. The molecule has 0 fully saturated rings. The van der Waals surface area contributed by atoms with Crippen molar-refractivity contribution in [1.82, 2.24) is 0 Å². The predicted octanol–water partition coefficient (Wildman–Crippen LogP) is 0.826. The van der Waals surface area contributed by atoms with Crippen molar-refractivity contribution in [2.24, 2.45) is 11.5 Å². The molecule has 0 aliphatic heterocycles. The Morgan fingerprint density at radius 3 is 1.79 bits per heavy atom. The van der Waals surface area contributed by atoms with Crippen molar-refractivity contribution in [2.45, 2.75) is 13.1 Å². The molecule has 0 amide bonds. The molecule has 0 radical (unpaired) electrons. The van der Waals surface area contributed by atoms with E-state index in [1.165, 1.54) is 0 Å². The molecule has 14 heavy (non-hydrogen) atoms. The molecular weight excluding hydrogens is 184 g/mol. The first-order chi connectivity index (χ1) is 6.60. The van der Waals surface area contributed by atoms with Gasteiger partial charge in [0.2, 0.25) is 0 Å². The lowest BCUT2D eigenvalue weighted by Crippen LogP contribution is -2.00. The highest BCUT2D eigenvalue weighted by atomic mass is 16.6. The molecular formula is C9H14N2O3. The van der Waals surface area contributed by atoms with Gasteiger partial charge in [-0.2, -0.15) is 0 Å². The monoisotopic (exact) mass is 198 g/mol. The maximum absolute atomic E-state index is 8.56. The van der Waals surface area contributed by atoms with Gasteiger partial charge in [-0.3, -0.25) is 0 Å². The average molecular weight is 198 g/mol. The van der Waals surface area contributed by atoms with E-state index in [2.05, 4.69) is 0 Å². The molecule has 1 rings (SSSR count). The molecule has 0 aromatic heterocycles. The zero-order chi connectivity index (χ0) is 11.0. The summed E-state index contributed by atoms with van der Waals surface area (Å²) in [7, 11) is 0. The minimum Gasteiger partial charge on any atom is -0.450 e. The van der Waals surface area contributed by atoms with E-state index in [9.17, 15) is 0 Å². The molecule has 0 unspecified atom stereocenters. The molecule has 0 aliphatic rings. The molecule has 0 saturated carbocycles. The van der Waals surface area contributed by atoms with Gasteiger partial charge in [0.15, 0.2) is 0 Å². The van der Waals surface area contributed by atoms with Crippen LogP contribution in [0.1, 0.15) is 11.1 Å². The van der Waals surface area contributed by atoms with Crippen molar-refractivity contribution >= 4 is 6.16 Å². The van der Waals surface area contributed by atoms with Gasteiger partial charge in [-0.05, 0) is 11.1 Å².